The molecule has 0 bridgehead atoms. The highest BCUT2D eigenvalue weighted by atomic mass is 19.4. The first-order chi connectivity index (χ1) is 7.70. The van der Waals surface area contributed by atoms with Crippen molar-refractivity contribution in [2.75, 3.05) is 32.7 Å². The highest BCUT2D eigenvalue weighted by Crippen LogP contribution is 2.29. The largest absolute Gasteiger partial charge is 0.415 e. The summed E-state index contributed by atoms with van der Waals surface area (Å²) in [7, 11) is 0. The number of halogens is 3. The molecule has 7 heteroatoms. The van der Waals surface area contributed by atoms with E-state index >= 15 is 0 Å². The number of likely N-dealkylation sites (N-methyl/N-ethyl adjacent to an activating group) is 1. The topological polar surface area (TPSA) is 49.6 Å². The number of hydrogen-bond donors (Lipinski definition) is 1. The molecule has 1 rings (SSSR count). The SMILES string of the molecule is CCN1CCN(C(=O)C(C)(N)C(F)(F)F)CC1. The third kappa shape index (κ3) is 2.90. The molecule has 2 N–H and O–H groups in total. The number of hydrogen-bond acceptors (Lipinski definition) is 3. The second kappa shape index (κ2) is 4.81. The van der Waals surface area contributed by atoms with Gasteiger partial charge in [-0.15, -0.1) is 0 Å². The van der Waals surface area contributed by atoms with Crippen molar-refractivity contribution in [3.8, 4) is 0 Å². The van der Waals surface area contributed by atoms with E-state index in [2.05, 4.69) is 4.90 Å². The number of piperazine rings is 1. The molecule has 17 heavy (non-hydrogen) atoms. The van der Waals surface area contributed by atoms with Gasteiger partial charge in [-0.1, -0.05) is 6.92 Å². The minimum absolute atomic E-state index is 0.301. The molecule has 4 nitrogen and oxygen atoms in total. The summed E-state index contributed by atoms with van der Waals surface area (Å²) in [5.74, 6) is -1.04. The lowest BCUT2D eigenvalue weighted by Crippen LogP contribution is -2.64. The summed E-state index contributed by atoms with van der Waals surface area (Å²) in [6, 6.07) is 0. The zero-order chi connectivity index (χ0) is 13.3. The Morgan fingerprint density at radius 3 is 2.06 bits per heavy atom. The van der Waals surface area contributed by atoms with Gasteiger partial charge in [0.25, 0.3) is 5.91 Å². The van der Waals surface area contributed by atoms with E-state index in [0.29, 0.717) is 26.2 Å². The van der Waals surface area contributed by atoms with Gasteiger partial charge in [0.2, 0.25) is 0 Å². The van der Waals surface area contributed by atoms with Crippen LogP contribution in [0.2, 0.25) is 0 Å². The highest BCUT2D eigenvalue weighted by Gasteiger charge is 2.55. The Morgan fingerprint density at radius 1 is 1.24 bits per heavy atom. The Labute approximate surface area is 98.5 Å². The maximum Gasteiger partial charge on any atom is 0.415 e. The smallest absolute Gasteiger partial charge is 0.338 e. The Kier molecular flexibility index (Phi) is 4.03. The van der Waals surface area contributed by atoms with Crippen LogP contribution in [-0.2, 0) is 4.79 Å². The number of carbonyl (C=O) groups excluding carboxylic acids is 1. The summed E-state index contributed by atoms with van der Waals surface area (Å²) in [4.78, 5) is 15.0. The fraction of sp³-hybridized carbons (Fsp3) is 0.900. The molecule has 100 valence electrons. The third-order valence-corrected chi connectivity index (χ3v) is 3.14. The van der Waals surface area contributed by atoms with E-state index in [9.17, 15) is 18.0 Å². The molecule has 1 fully saturated rings. The molecule has 1 heterocycles. The van der Waals surface area contributed by atoms with Gasteiger partial charge in [-0.25, -0.2) is 0 Å². The van der Waals surface area contributed by atoms with Gasteiger partial charge >= 0.3 is 6.18 Å². The van der Waals surface area contributed by atoms with Gasteiger partial charge in [0.05, 0.1) is 0 Å². The molecular weight excluding hydrogens is 235 g/mol. The van der Waals surface area contributed by atoms with Crippen molar-refractivity contribution in [2.45, 2.75) is 25.6 Å². The monoisotopic (exact) mass is 253 g/mol. The first-order valence-electron chi connectivity index (χ1n) is 5.57. The van der Waals surface area contributed by atoms with E-state index in [1.165, 1.54) is 4.90 Å². The van der Waals surface area contributed by atoms with Crippen LogP contribution in [0.15, 0.2) is 0 Å². The molecule has 0 aromatic carbocycles. The number of alkyl halides is 3. The van der Waals surface area contributed by atoms with Crippen LogP contribution in [0.4, 0.5) is 13.2 Å². The number of carbonyl (C=O) groups is 1. The summed E-state index contributed by atoms with van der Waals surface area (Å²) in [6.07, 6.45) is -4.72. The van der Waals surface area contributed by atoms with Crippen LogP contribution in [-0.4, -0.2) is 60.1 Å². The first kappa shape index (κ1) is 14.2. The van der Waals surface area contributed by atoms with Crippen molar-refractivity contribution < 1.29 is 18.0 Å². The van der Waals surface area contributed by atoms with Crippen molar-refractivity contribution in [1.82, 2.24) is 9.80 Å². The quantitative estimate of drug-likeness (QED) is 0.776. The molecule has 1 saturated heterocycles. The molecule has 1 aliphatic heterocycles. The Hall–Kier alpha value is -0.820. The number of rotatable bonds is 2. The summed E-state index contributed by atoms with van der Waals surface area (Å²) in [5, 5.41) is 0. The summed E-state index contributed by atoms with van der Waals surface area (Å²) >= 11 is 0. The van der Waals surface area contributed by atoms with Gasteiger partial charge in [0.1, 0.15) is 0 Å². The summed E-state index contributed by atoms with van der Waals surface area (Å²) < 4.78 is 37.8. The third-order valence-electron chi connectivity index (χ3n) is 3.14. The van der Waals surface area contributed by atoms with Crippen molar-refractivity contribution in [1.29, 1.82) is 0 Å². The Morgan fingerprint density at radius 2 is 1.71 bits per heavy atom. The predicted molar refractivity (Wildman–Crippen MR) is 57.3 cm³/mol. The molecule has 0 radical (unpaired) electrons. The van der Waals surface area contributed by atoms with Gasteiger partial charge in [0.15, 0.2) is 5.54 Å². The molecule has 0 aliphatic carbocycles. The van der Waals surface area contributed by atoms with Crippen molar-refractivity contribution >= 4 is 5.91 Å². The molecule has 0 aromatic heterocycles. The minimum atomic E-state index is -4.72. The Bertz CT molecular complexity index is 283. The van der Waals surface area contributed by atoms with Gasteiger partial charge < -0.3 is 15.5 Å². The fourth-order valence-electron chi connectivity index (χ4n) is 1.72. The molecule has 1 aliphatic rings. The van der Waals surface area contributed by atoms with Crippen LogP contribution in [0.1, 0.15) is 13.8 Å². The Balaban J connectivity index is 2.66. The first-order valence-corrected chi connectivity index (χ1v) is 5.57. The predicted octanol–water partition coefficient (Wildman–Crippen LogP) is 0.430. The summed E-state index contributed by atoms with van der Waals surface area (Å²) in [6.45, 7) is 5.32. The van der Waals surface area contributed by atoms with Gasteiger partial charge in [-0.2, -0.15) is 13.2 Å². The molecule has 0 spiro atoms. The second-order valence-electron chi connectivity index (χ2n) is 4.43. The normalized spacial score (nSPS) is 22.4. The minimum Gasteiger partial charge on any atom is -0.338 e. The molecule has 1 unspecified atom stereocenters. The van der Waals surface area contributed by atoms with Gasteiger partial charge in [0, 0.05) is 26.2 Å². The van der Waals surface area contributed by atoms with Crippen molar-refractivity contribution in [3.63, 3.8) is 0 Å². The number of nitrogens with two attached hydrogens (primary N) is 1. The van der Waals surface area contributed by atoms with Crippen LogP contribution in [0, 0.1) is 0 Å². The lowest BCUT2D eigenvalue weighted by molar-refractivity contribution is -0.194. The molecule has 0 aromatic rings. The van der Waals surface area contributed by atoms with Crippen LogP contribution in [0.25, 0.3) is 0 Å². The lowest BCUT2D eigenvalue weighted by atomic mass is 10.0. The van der Waals surface area contributed by atoms with E-state index in [1.54, 1.807) is 0 Å². The standard InChI is InChI=1S/C10H18F3N3O/c1-3-15-4-6-16(7-5-15)8(17)9(2,14)10(11,12)13/h3-7,14H2,1-2H3. The lowest BCUT2D eigenvalue weighted by Gasteiger charge is -2.38. The van der Waals surface area contributed by atoms with E-state index in [-0.39, 0.29) is 0 Å². The highest BCUT2D eigenvalue weighted by molar-refractivity contribution is 5.86. The van der Waals surface area contributed by atoms with Crippen LogP contribution >= 0.6 is 0 Å². The molecular formula is C10H18F3N3O. The summed E-state index contributed by atoms with van der Waals surface area (Å²) in [5.41, 5.74) is 2.32. The second-order valence-corrected chi connectivity index (χ2v) is 4.43. The number of nitrogens with zero attached hydrogens (tertiary/aromatic N) is 2. The molecule has 1 atom stereocenters. The van der Waals surface area contributed by atoms with Gasteiger partial charge in [-0.3, -0.25) is 4.79 Å². The van der Waals surface area contributed by atoms with E-state index in [1.807, 2.05) is 6.92 Å². The molecule has 0 saturated carbocycles. The van der Waals surface area contributed by atoms with Gasteiger partial charge in [-0.05, 0) is 13.5 Å². The maximum atomic E-state index is 12.6. The van der Waals surface area contributed by atoms with E-state index in [0.717, 1.165) is 13.5 Å². The maximum absolute atomic E-state index is 12.6. The van der Waals surface area contributed by atoms with Crippen LogP contribution in [0.5, 0.6) is 0 Å². The average molecular weight is 253 g/mol. The number of amides is 1. The van der Waals surface area contributed by atoms with Crippen molar-refractivity contribution in [2.24, 2.45) is 5.73 Å². The molecule has 1 amide bonds. The fourth-order valence-corrected chi connectivity index (χ4v) is 1.72. The van der Waals surface area contributed by atoms with Crippen molar-refractivity contribution in [3.05, 3.63) is 0 Å². The van der Waals surface area contributed by atoms with E-state index in [4.69, 9.17) is 5.73 Å². The zero-order valence-corrected chi connectivity index (χ0v) is 10.0. The zero-order valence-electron chi connectivity index (χ0n) is 10.0. The van der Waals surface area contributed by atoms with E-state index < -0.39 is 17.6 Å². The van der Waals surface area contributed by atoms with Crippen LogP contribution < -0.4 is 5.73 Å². The van der Waals surface area contributed by atoms with Crippen LogP contribution in [0.3, 0.4) is 0 Å². The average Bonchev–Trinajstić information content (AvgIpc) is 2.26.